The first-order chi connectivity index (χ1) is 8.49. The summed E-state index contributed by atoms with van der Waals surface area (Å²) < 4.78 is 1.59. The van der Waals surface area contributed by atoms with Gasteiger partial charge in [-0.2, -0.15) is 0 Å². The maximum Gasteiger partial charge on any atom is 0.327 e. The molecule has 0 amide bonds. The first kappa shape index (κ1) is 12.9. The number of carboxylic acids is 1. The number of benzene rings is 1. The molecule has 0 saturated carbocycles. The number of aromatic nitrogens is 2. The van der Waals surface area contributed by atoms with Crippen molar-refractivity contribution >= 4 is 33.5 Å². The van der Waals surface area contributed by atoms with Crippen LogP contribution in [0.5, 0.6) is 0 Å². The summed E-state index contributed by atoms with van der Waals surface area (Å²) in [5.41, 5.74) is 0.708. The number of carbonyl (C=O) groups is 1. The number of halogens is 2. The third-order valence-corrected chi connectivity index (χ3v) is 3.18. The molecule has 2 N–H and O–H groups in total. The fourth-order valence-electron chi connectivity index (χ4n) is 1.62. The smallest absolute Gasteiger partial charge is 0.327 e. The summed E-state index contributed by atoms with van der Waals surface area (Å²) in [4.78, 5) is 24.9. The summed E-state index contributed by atoms with van der Waals surface area (Å²) in [7, 11) is 0. The van der Waals surface area contributed by atoms with Gasteiger partial charge in [-0.15, -0.1) is 0 Å². The van der Waals surface area contributed by atoms with E-state index in [9.17, 15) is 9.59 Å². The first-order valence-corrected chi connectivity index (χ1v) is 6.12. The number of aliphatic carboxylic acids is 1. The van der Waals surface area contributed by atoms with Crippen LogP contribution in [-0.2, 0) is 11.3 Å². The van der Waals surface area contributed by atoms with Gasteiger partial charge in [-0.1, -0.05) is 23.7 Å². The predicted molar refractivity (Wildman–Crippen MR) is 70.8 cm³/mol. The van der Waals surface area contributed by atoms with Gasteiger partial charge in [0, 0.05) is 10.6 Å². The highest BCUT2D eigenvalue weighted by molar-refractivity contribution is 9.10. The van der Waals surface area contributed by atoms with E-state index in [-0.39, 0.29) is 0 Å². The molecule has 1 aromatic heterocycles. The van der Waals surface area contributed by atoms with Crippen LogP contribution in [0.4, 0.5) is 0 Å². The maximum absolute atomic E-state index is 11.6. The molecule has 94 valence electrons. The van der Waals surface area contributed by atoms with Crippen LogP contribution in [0.15, 0.2) is 33.7 Å². The molecule has 0 radical (unpaired) electrons. The second kappa shape index (κ2) is 4.99. The van der Waals surface area contributed by atoms with Gasteiger partial charge >= 0.3 is 11.7 Å². The highest BCUT2D eigenvalue weighted by atomic mass is 79.9. The Labute approximate surface area is 115 Å². The van der Waals surface area contributed by atoms with Crippen LogP contribution >= 0.6 is 27.5 Å². The van der Waals surface area contributed by atoms with Gasteiger partial charge in [-0.25, -0.2) is 4.79 Å². The lowest BCUT2D eigenvalue weighted by Crippen LogP contribution is -2.22. The molecule has 5 nitrogen and oxygen atoms in total. The lowest BCUT2D eigenvalue weighted by molar-refractivity contribution is -0.137. The van der Waals surface area contributed by atoms with Crippen molar-refractivity contribution in [3.05, 3.63) is 44.4 Å². The van der Waals surface area contributed by atoms with E-state index in [4.69, 9.17) is 16.7 Å². The first-order valence-electron chi connectivity index (χ1n) is 4.95. The zero-order valence-electron chi connectivity index (χ0n) is 8.98. The molecule has 0 aliphatic carbocycles. The number of nitrogens with one attached hydrogen (secondary N) is 1. The van der Waals surface area contributed by atoms with E-state index in [1.54, 1.807) is 24.3 Å². The van der Waals surface area contributed by atoms with Crippen LogP contribution in [-0.4, -0.2) is 20.6 Å². The fraction of sp³-hybridized carbons (Fsp3) is 0.0909. The van der Waals surface area contributed by atoms with Gasteiger partial charge in [0.2, 0.25) is 0 Å². The summed E-state index contributed by atoms with van der Waals surface area (Å²) in [5, 5.41) is 9.37. The van der Waals surface area contributed by atoms with Gasteiger partial charge in [0.25, 0.3) is 0 Å². The monoisotopic (exact) mass is 330 g/mol. The van der Waals surface area contributed by atoms with Crippen molar-refractivity contribution in [1.29, 1.82) is 0 Å². The van der Waals surface area contributed by atoms with Crippen LogP contribution in [0.3, 0.4) is 0 Å². The second-order valence-corrected chi connectivity index (χ2v) is 4.81. The van der Waals surface area contributed by atoms with Crippen molar-refractivity contribution in [1.82, 2.24) is 9.55 Å². The fourth-order valence-corrected chi connectivity index (χ4v) is 2.36. The standard InChI is InChI=1S/C11H8BrClN2O3/c12-10-9(6-1-3-7(13)4-2-6)15(5-8(16)17)11(18)14-10/h1-4H,5H2,(H,14,18)(H,16,17). The van der Waals surface area contributed by atoms with Gasteiger partial charge in [-0.3, -0.25) is 14.3 Å². The Morgan fingerprint density at radius 3 is 2.56 bits per heavy atom. The molecule has 0 saturated heterocycles. The highest BCUT2D eigenvalue weighted by Gasteiger charge is 2.16. The van der Waals surface area contributed by atoms with E-state index < -0.39 is 18.2 Å². The number of aromatic amines is 1. The van der Waals surface area contributed by atoms with E-state index in [1.165, 1.54) is 0 Å². The Bertz CT molecular complexity index is 645. The molecular formula is C11H8BrClN2O3. The topological polar surface area (TPSA) is 75.1 Å². The summed E-state index contributed by atoms with van der Waals surface area (Å²) in [6.45, 7) is -0.404. The Balaban J connectivity index is 2.59. The zero-order valence-corrected chi connectivity index (χ0v) is 11.3. The SMILES string of the molecule is O=C(O)Cn1c(-c2ccc(Cl)cc2)c(Br)[nH]c1=O. The number of hydrogen-bond acceptors (Lipinski definition) is 2. The largest absolute Gasteiger partial charge is 0.480 e. The lowest BCUT2D eigenvalue weighted by Gasteiger charge is -2.05. The second-order valence-electron chi connectivity index (χ2n) is 3.58. The summed E-state index contributed by atoms with van der Waals surface area (Å²) >= 11 is 9.00. The Morgan fingerprint density at radius 1 is 1.39 bits per heavy atom. The number of carboxylic acid groups (broad SMARTS) is 1. The van der Waals surface area contributed by atoms with Crippen molar-refractivity contribution in [2.45, 2.75) is 6.54 Å². The average molecular weight is 332 g/mol. The molecule has 1 heterocycles. The highest BCUT2D eigenvalue weighted by Crippen LogP contribution is 2.26. The normalized spacial score (nSPS) is 10.6. The number of hydrogen-bond donors (Lipinski definition) is 2. The molecule has 0 fully saturated rings. The molecule has 18 heavy (non-hydrogen) atoms. The van der Waals surface area contributed by atoms with Gasteiger partial charge in [0.15, 0.2) is 0 Å². The van der Waals surface area contributed by atoms with Crippen molar-refractivity contribution in [3.8, 4) is 11.3 Å². The minimum Gasteiger partial charge on any atom is -0.480 e. The number of rotatable bonds is 3. The number of imidazole rings is 1. The Kier molecular flexibility index (Phi) is 3.58. The molecule has 0 atom stereocenters. The Morgan fingerprint density at radius 2 is 2.00 bits per heavy atom. The van der Waals surface area contributed by atoms with E-state index in [0.29, 0.717) is 20.9 Å². The number of nitrogens with zero attached hydrogens (tertiary/aromatic N) is 1. The van der Waals surface area contributed by atoms with E-state index in [1.807, 2.05) is 0 Å². The van der Waals surface area contributed by atoms with Gasteiger partial charge in [0.05, 0.1) is 5.69 Å². The molecule has 2 aromatic rings. The molecule has 7 heteroatoms. The molecule has 2 rings (SSSR count). The third-order valence-electron chi connectivity index (χ3n) is 2.35. The van der Waals surface area contributed by atoms with E-state index in [0.717, 1.165) is 4.57 Å². The average Bonchev–Trinajstić information content (AvgIpc) is 2.55. The maximum atomic E-state index is 11.6. The molecule has 1 aromatic carbocycles. The molecule has 0 spiro atoms. The van der Waals surface area contributed by atoms with Crippen molar-refractivity contribution < 1.29 is 9.90 Å². The van der Waals surface area contributed by atoms with Crippen LogP contribution in [0, 0.1) is 0 Å². The van der Waals surface area contributed by atoms with Gasteiger partial charge in [-0.05, 0) is 28.1 Å². The third kappa shape index (κ3) is 2.49. The number of H-pyrrole nitrogens is 1. The summed E-state index contributed by atoms with van der Waals surface area (Å²) in [5.74, 6) is -1.08. The molecular weight excluding hydrogens is 323 g/mol. The zero-order chi connectivity index (χ0) is 13.3. The molecule has 0 aliphatic heterocycles. The van der Waals surface area contributed by atoms with Crippen LogP contribution in [0.25, 0.3) is 11.3 Å². The predicted octanol–water partition coefficient (Wildman–Crippen LogP) is 2.34. The summed E-state index contributed by atoms with van der Waals surface area (Å²) in [6.07, 6.45) is 0. The summed E-state index contributed by atoms with van der Waals surface area (Å²) in [6, 6.07) is 6.78. The van der Waals surface area contributed by atoms with E-state index in [2.05, 4.69) is 20.9 Å². The van der Waals surface area contributed by atoms with Crippen molar-refractivity contribution in [2.75, 3.05) is 0 Å². The van der Waals surface area contributed by atoms with Gasteiger partial charge < -0.3 is 5.11 Å². The van der Waals surface area contributed by atoms with Crippen molar-refractivity contribution in [2.24, 2.45) is 0 Å². The molecule has 0 unspecified atom stereocenters. The minimum absolute atomic E-state index is 0.404. The molecule has 0 bridgehead atoms. The lowest BCUT2D eigenvalue weighted by atomic mass is 10.2. The Hall–Kier alpha value is -1.53. The van der Waals surface area contributed by atoms with E-state index >= 15 is 0 Å². The quantitative estimate of drug-likeness (QED) is 0.906. The van der Waals surface area contributed by atoms with Crippen LogP contribution in [0.1, 0.15) is 0 Å². The minimum atomic E-state index is -1.08. The van der Waals surface area contributed by atoms with Crippen LogP contribution < -0.4 is 5.69 Å². The van der Waals surface area contributed by atoms with Crippen LogP contribution in [0.2, 0.25) is 5.02 Å². The van der Waals surface area contributed by atoms with Crippen molar-refractivity contribution in [3.63, 3.8) is 0 Å². The van der Waals surface area contributed by atoms with Gasteiger partial charge in [0.1, 0.15) is 11.1 Å². The molecule has 0 aliphatic rings.